The molecule has 88 valence electrons. The van der Waals surface area contributed by atoms with Crippen molar-refractivity contribution >= 4 is 5.91 Å². The lowest BCUT2D eigenvalue weighted by molar-refractivity contribution is -0.123. The first-order chi connectivity index (χ1) is 7.74. The molecular formula is C11H17N3O2. The molecule has 1 amide bonds. The molecule has 0 spiro atoms. The van der Waals surface area contributed by atoms with E-state index in [1.54, 1.807) is 12.3 Å². The van der Waals surface area contributed by atoms with Gasteiger partial charge in [0, 0.05) is 11.9 Å². The predicted molar refractivity (Wildman–Crippen MR) is 58.7 cm³/mol. The van der Waals surface area contributed by atoms with E-state index in [0.717, 1.165) is 31.4 Å². The number of amides is 1. The van der Waals surface area contributed by atoms with E-state index < -0.39 is 0 Å². The molecule has 0 aliphatic heterocycles. The monoisotopic (exact) mass is 223 g/mol. The molecular weight excluding hydrogens is 206 g/mol. The van der Waals surface area contributed by atoms with Gasteiger partial charge in [0.25, 0.3) is 0 Å². The number of nitrogens with zero attached hydrogens (tertiary/aromatic N) is 1. The van der Waals surface area contributed by atoms with Crippen LogP contribution in [0.15, 0.2) is 12.3 Å². The van der Waals surface area contributed by atoms with Gasteiger partial charge in [0.05, 0.1) is 18.6 Å². The molecule has 5 nitrogen and oxygen atoms in total. The number of carbonyl (C=O) groups is 1. The molecule has 1 aromatic heterocycles. The quantitative estimate of drug-likeness (QED) is 0.690. The van der Waals surface area contributed by atoms with Crippen LogP contribution in [0.25, 0.3) is 0 Å². The van der Waals surface area contributed by atoms with Gasteiger partial charge in [-0.3, -0.25) is 9.89 Å². The first-order valence-corrected chi connectivity index (χ1v) is 5.64. The maximum atomic E-state index is 11.8. The van der Waals surface area contributed by atoms with Gasteiger partial charge in [-0.25, -0.2) is 0 Å². The van der Waals surface area contributed by atoms with Crippen LogP contribution in [0.5, 0.6) is 0 Å². The van der Waals surface area contributed by atoms with Crippen molar-refractivity contribution in [2.45, 2.75) is 37.6 Å². The lowest BCUT2D eigenvalue weighted by Crippen LogP contribution is -2.49. The van der Waals surface area contributed by atoms with Crippen molar-refractivity contribution in [3.63, 3.8) is 0 Å². The molecule has 0 saturated heterocycles. The minimum absolute atomic E-state index is 0.0295. The third-order valence-electron chi connectivity index (χ3n) is 3.18. The number of rotatable bonds is 4. The van der Waals surface area contributed by atoms with Gasteiger partial charge < -0.3 is 10.4 Å². The average Bonchev–Trinajstić information content (AvgIpc) is 2.90. The van der Waals surface area contributed by atoms with Crippen LogP contribution >= 0.6 is 0 Å². The van der Waals surface area contributed by atoms with E-state index in [-0.39, 0.29) is 18.1 Å². The number of nitrogens with one attached hydrogen (secondary N) is 2. The highest BCUT2D eigenvalue weighted by molar-refractivity contribution is 5.79. The smallest absolute Gasteiger partial charge is 0.226 e. The Kier molecular flexibility index (Phi) is 3.24. The molecule has 1 aliphatic rings. The van der Waals surface area contributed by atoms with Gasteiger partial charge in [0.1, 0.15) is 0 Å². The van der Waals surface area contributed by atoms with Gasteiger partial charge in [0.2, 0.25) is 5.91 Å². The van der Waals surface area contributed by atoms with E-state index in [1.807, 2.05) is 0 Å². The molecule has 2 rings (SSSR count). The Morgan fingerprint density at radius 2 is 2.31 bits per heavy atom. The molecule has 1 aliphatic carbocycles. The molecule has 1 fully saturated rings. The first kappa shape index (κ1) is 11.1. The number of carbonyl (C=O) groups excluding carboxylic acids is 1. The Bertz CT molecular complexity index is 342. The van der Waals surface area contributed by atoms with Gasteiger partial charge in [-0.15, -0.1) is 0 Å². The number of aromatic nitrogens is 2. The summed E-state index contributed by atoms with van der Waals surface area (Å²) < 4.78 is 0. The molecule has 1 heterocycles. The van der Waals surface area contributed by atoms with Gasteiger partial charge >= 0.3 is 0 Å². The van der Waals surface area contributed by atoms with Crippen LogP contribution < -0.4 is 5.32 Å². The van der Waals surface area contributed by atoms with Crippen molar-refractivity contribution in [1.29, 1.82) is 0 Å². The fourth-order valence-corrected chi connectivity index (χ4v) is 2.27. The van der Waals surface area contributed by atoms with Crippen LogP contribution in [-0.4, -0.2) is 33.4 Å². The minimum Gasteiger partial charge on any atom is -0.394 e. The number of H-pyrrole nitrogens is 1. The zero-order valence-corrected chi connectivity index (χ0v) is 9.20. The van der Waals surface area contributed by atoms with Gasteiger partial charge in [-0.1, -0.05) is 12.8 Å². The Balaban J connectivity index is 1.91. The van der Waals surface area contributed by atoms with Crippen LogP contribution in [0.1, 0.15) is 31.4 Å². The lowest BCUT2D eigenvalue weighted by atomic mass is 9.98. The van der Waals surface area contributed by atoms with Gasteiger partial charge in [-0.2, -0.15) is 5.10 Å². The SMILES string of the molecule is O=C(Cc1ccn[nH]1)NC1(CO)CCCC1. The summed E-state index contributed by atoms with van der Waals surface area (Å²) in [6, 6.07) is 1.78. The second-order valence-corrected chi connectivity index (χ2v) is 4.45. The zero-order valence-electron chi connectivity index (χ0n) is 9.20. The second kappa shape index (κ2) is 4.65. The maximum absolute atomic E-state index is 11.8. The third kappa shape index (κ3) is 2.41. The van der Waals surface area contributed by atoms with E-state index >= 15 is 0 Å². The van der Waals surface area contributed by atoms with Crippen molar-refractivity contribution in [3.05, 3.63) is 18.0 Å². The van der Waals surface area contributed by atoms with Crippen LogP contribution in [0, 0.1) is 0 Å². The average molecular weight is 223 g/mol. The maximum Gasteiger partial charge on any atom is 0.226 e. The van der Waals surface area contributed by atoms with Gasteiger partial charge in [0.15, 0.2) is 0 Å². The van der Waals surface area contributed by atoms with Crippen molar-refractivity contribution in [3.8, 4) is 0 Å². The molecule has 3 N–H and O–H groups in total. The van der Waals surface area contributed by atoms with E-state index in [4.69, 9.17) is 0 Å². The van der Waals surface area contributed by atoms with Crippen LogP contribution in [0.4, 0.5) is 0 Å². The first-order valence-electron chi connectivity index (χ1n) is 5.64. The fraction of sp³-hybridized carbons (Fsp3) is 0.636. The largest absolute Gasteiger partial charge is 0.394 e. The van der Waals surface area contributed by atoms with Crippen molar-refractivity contribution < 1.29 is 9.90 Å². The highest BCUT2D eigenvalue weighted by atomic mass is 16.3. The Morgan fingerprint density at radius 1 is 1.56 bits per heavy atom. The van der Waals surface area contributed by atoms with Crippen molar-refractivity contribution in [2.24, 2.45) is 0 Å². The summed E-state index contributed by atoms with van der Waals surface area (Å²) in [4.78, 5) is 11.8. The molecule has 0 atom stereocenters. The number of aliphatic hydroxyl groups excluding tert-OH is 1. The number of hydrogen-bond acceptors (Lipinski definition) is 3. The Morgan fingerprint density at radius 3 is 2.88 bits per heavy atom. The summed E-state index contributed by atoms with van der Waals surface area (Å²) in [7, 11) is 0. The van der Waals surface area contributed by atoms with Crippen molar-refractivity contribution in [1.82, 2.24) is 15.5 Å². The molecule has 5 heteroatoms. The number of hydrogen-bond donors (Lipinski definition) is 3. The van der Waals surface area contributed by atoms with E-state index in [1.165, 1.54) is 0 Å². The summed E-state index contributed by atoms with van der Waals surface area (Å²) in [5, 5.41) is 18.8. The molecule has 0 aromatic carbocycles. The molecule has 0 radical (unpaired) electrons. The van der Waals surface area contributed by atoms with E-state index in [9.17, 15) is 9.90 Å². The molecule has 0 unspecified atom stereocenters. The van der Waals surface area contributed by atoms with Crippen LogP contribution in [0.2, 0.25) is 0 Å². The standard InChI is InChI=1S/C11H17N3O2/c15-8-11(4-1-2-5-11)13-10(16)7-9-3-6-12-14-9/h3,6,15H,1-2,4-5,7-8H2,(H,12,14)(H,13,16). The van der Waals surface area contributed by atoms with E-state index in [2.05, 4.69) is 15.5 Å². The number of aliphatic hydroxyl groups is 1. The minimum atomic E-state index is -0.378. The lowest BCUT2D eigenvalue weighted by Gasteiger charge is -2.27. The fourth-order valence-electron chi connectivity index (χ4n) is 2.27. The third-order valence-corrected chi connectivity index (χ3v) is 3.18. The summed E-state index contributed by atoms with van der Waals surface area (Å²) in [5.74, 6) is -0.0554. The topological polar surface area (TPSA) is 78.0 Å². The van der Waals surface area contributed by atoms with Crippen molar-refractivity contribution in [2.75, 3.05) is 6.61 Å². The van der Waals surface area contributed by atoms with E-state index in [0.29, 0.717) is 6.42 Å². The highest BCUT2D eigenvalue weighted by Crippen LogP contribution is 2.29. The van der Waals surface area contributed by atoms with Gasteiger partial charge in [-0.05, 0) is 18.9 Å². The second-order valence-electron chi connectivity index (χ2n) is 4.45. The number of aromatic amines is 1. The van der Waals surface area contributed by atoms with Crippen LogP contribution in [-0.2, 0) is 11.2 Å². The molecule has 1 aromatic rings. The molecule has 16 heavy (non-hydrogen) atoms. The summed E-state index contributed by atoms with van der Waals surface area (Å²) in [6.45, 7) is 0.0295. The molecule has 1 saturated carbocycles. The summed E-state index contributed by atoms with van der Waals surface area (Å²) >= 11 is 0. The highest BCUT2D eigenvalue weighted by Gasteiger charge is 2.34. The zero-order chi connectivity index (χ0) is 11.4. The summed E-state index contributed by atoms with van der Waals surface area (Å²) in [6.07, 6.45) is 5.81. The predicted octanol–water partition coefficient (Wildman–Crippen LogP) is 0.373. The summed E-state index contributed by atoms with van der Waals surface area (Å²) in [5.41, 5.74) is 0.417. The normalized spacial score (nSPS) is 18.6. The Labute approximate surface area is 94.2 Å². The Hall–Kier alpha value is -1.36. The molecule has 0 bridgehead atoms. The van der Waals surface area contributed by atoms with Crippen LogP contribution in [0.3, 0.4) is 0 Å².